The summed E-state index contributed by atoms with van der Waals surface area (Å²) in [7, 11) is 0. The fourth-order valence-corrected chi connectivity index (χ4v) is 3.82. The molecule has 166 valence electrons. The van der Waals surface area contributed by atoms with E-state index in [0.717, 1.165) is 67.0 Å². The second-order valence-electron chi connectivity index (χ2n) is 8.56. The minimum atomic E-state index is 0.0779. The lowest BCUT2D eigenvalue weighted by atomic mass is 10.1. The topological polar surface area (TPSA) is 50.2 Å². The second-order valence-corrected chi connectivity index (χ2v) is 8.56. The molecule has 0 unspecified atom stereocenters. The summed E-state index contributed by atoms with van der Waals surface area (Å²) < 4.78 is 2.27. The van der Waals surface area contributed by atoms with Crippen LogP contribution in [0, 0.1) is 5.92 Å². The first-order chi connectivity index (χ1) is 15.0. The lowest BCUT2D eigenvalue weighted by molar-refractivity contribution is 0.0729. The van der Waals surface area contributed by atoms with Gasteiger partial charge in [-0.25, -0.2) is 4.98 Å². The Morgan fingerprint density at radius 2 is 1.94 bits per heavy atom. The summed E-state index contributed by atoms with van der Waals surface area (Å²) in [5, 5.41) is 3.34. The predicted octanol–water partition coefficient (Wildman–Crippen LogP) is 5.24. The molecule has 31 heavy (non-hydrogen) atoms. The molecule has 3 aromatic rings. The van der Waals surface area contributed by atoms with Gasteiger partial charge in [0.2, 0.25) is 0 Å². The van der Waals surface area contributed by atoms with E-state index in [2.05, 4.69) is 61.8 Å². The number of aromatic nitrogens is 2. The van der Waals surface area contributed by atoms with Crippen molar-refractivity contribution in [3.8, 4) is 0 Å². The highest BCUT2D eigenvalue weighted by atomic mass is 16.2. The molecule has 0 spiro atoms. The molecule has 0 radical (unpaired) electrons. The first-order valence-corrected chi connectivity index (χ1v) is 11.6. The Labute approximate surface area is 186 Å². The van der Waals surface area contributed by atoms with Crippen LogP contribution in [0.1, 0.15) is 62.3 Å². The average Bonchev–Trinajstić information content (AvgIpc) is 3.12. The van der Waals surface area contributed by atoms with Crippen molar-refractivity contribution < 1.29 is 4.79 Å². The molecule has 0 bridgehead atoms. The van der Waals surface area contributed by atoms with Gasteiger partial charge in [0.25, 0.3) is 5.91 Å². The van der Waals surface area contributed by atoms with Crippen LogP contribution in [-0.4, -0.2) is 33.4 Å². The first-order valence-electron chi connectivity index (χ1n) is 11.6. The molecule has 0 fully saturated rings. The van der Waals surface area contributed by atoms with Crippen LogP contribution in [0.15, 0.2) is 48.5 Å². The van der Waals surface area contributed by atoms with E-state index in [1.807, 2.05) is 29.2 Å². The van der Waals surface area contributed by atoms with Gasteiger partial charge in [0.1, 0.15) is 5.82 Å². The second kappa shape index (κ2) is 11.1. The van der Waals surface area contributed by atoms with Gasteiger partial charge in [-0.15, -0.1) is 0 Å². The van der Waals surface area contributed by atoms with E-state index in [4.69, 9.17) is 4.98 Å². The lowest BCUT2D eigenvalue weighted by Gasteiger charge is -2.24. The van der Waals surface area contributed by atoms with Crippen LogP contribution in [0.4, 0.5) is 0 Å². The lowest BCUT2D eigenvalue weighted by Crippen LogP contribution is -2.33. The van der Waals surface area contributed by atoms with Crippen molar-refractivity contribution in [3.05, 3.63) is 65.5 Å². The van der Waals surface area contributed by atoms with E-state index >= 15 is 0 Å². The Morgan fingerprint density at radius 3 is 2.68 bits per heavy atom. The largest absolute Gasteiger partial charge is 0.331 e. The van der Waals surface area contributed by atoms with Crippen molar-refractivity contribution in [1.29, 1.82) is 0 Å². The molecule has 1 N–H and O–H groups in total. The molecule has 0 saturated heterocycles. The Kier molecular flexibility index (Phi) is 8.24. The Hall–Kier alpha value is -2.66. The zero-order valence-electron chi connectivity index (χ0n) is 19.4. The van der Waals surface area contributed by atoms with Gasteiger partial charge in [-0.2, -0.15) is 0 Å². The normalized spacial score (nSPS) is 11.4. The fourth-order valence-electron chi connectivity index (χ4n) is 3.82. The maximum atomic E-state index is 13.5. The molecule has 2 aromatic carbocycles. The number of aryl methyl sites for hydroxylation is 1. The number of imidazole rings is 1. The van der Waals surface area contributed by atoms with E-state index in [1.54, 1.807) is 0 Å². The number of fused-ring (bicyclic) bond motifs is 1. The van der Waals surface area contributed by atoms with Crippen LogP contribution in [0.5, 0.6) is 0 Å². The molecule has 0 aliphatic heterocycles. The summed E-state index contributed by atoms with van der Waals surface area (Å²) in [5.74, 6) is 1.57. The number of nitrogens with zero attached hydrogens (tertiary/aromatic N) is 3. The molecule has 0 saturated carbocycles. The van der Waals surface area contributed by atoms with Crippen molar-refractivity contribution in [1.82, 2.24) is 19.8 Å². The van der Waals surface area contributed by atoms with Crippen LogP contribution < -0.4 is 5.32 Å². The molecule has 0 aliphatic carbocycles. The highest BCUT2D eigenvalue weighted by Gasteiger charge is 2.20. The van der Waals surface area contributed by atoms with Crippen LogP contribution in [0.25, 0.3) is 11.0 Å². The van der Waals surface area contributed by atoms with Crippen LogP contribution in [-0.2, 0) is 19.6 Å². The molecule has 3 rings (SSSR count). The van der Waals surface area contributed by atoms with Crippen LogP contribution >= 0.6 is 0 Å². The summed E-state index contributed by atoms with van der Waals surface area (Å²) >= 11 is 0. The van der Waals surface area contributed by atoms with Crippen LogP contribution in [0.3, 0.4) is 0 Å². The molecule has 1 aromatic heterocycles. The quantitative estimate of drug-likeness (QED) is 0.461. The molecule has 0 aliphatic rings. The molecule has 1 heterocycles. The Bertz CT molecular complexity index is 992. The summed E-state index contributed by atoms with van der Waals surface area (Å²) in [4.78, 5) is 20.4. The minimum Gasteiger partial charge on any atom is -0.331 e. The van der Waals surface area contributed by atoms with Gasteiger partial charge in [-0.3, -0.25) is 4.79 Å². The summed E-state index contributed by atoms with van der Waals surface area (Å²) in [6.45, 7) is 12.5. The summed E-state index contributed by atoms with van der Waals surface area (Å²) in [5.41, 5.74) is 4.02. The molecular formula is C26H36N4O. The molecule has 5 nitrogen and oxygen atoms in total. The third-order valence-electron chi connectivity index (χ3n) is 5.53. The monoisotopic (exact) mass is 420 g/mol. The number of rotatable bonds is 11. The number of hydrogen-bond donors (Lipinski definition) is 1. The number of benzene rings is 2. The molecule has 0 atom stereocenters. The predicted molar refractivity (Wildman–Crippen MR) is 128 cm³/mol. The van der Waals surface area contributed by atoms with Crippen molar-refractivity contribution in [3.63, 3.8) is 0 Å². The zero-order chi connectivity index (χ0) is 22.2. The van der Waals surface area contributed by atoms with Gasteiger partial charge in [0.15, 0.2) is 0 Å². The number of amides is 1. The van der Waals surface area contributed by atoms with Gasteiger partial charge in [0, 0.05) is 25.2 Å². The molecule has 5 heteroatoms. The van der Waals surface area contributed by atoms with E-state index < -0.39 is 0 Å². The van der Waals surface area contributed by atoms with Gasteiger partial charge >= 0.3 is 0 Å². The summed E-state index contributed by atoms with van der Waals surface area (Å²) in [6, 6.07) is 16.2. The Morgan fingerprint density at radius 1 is 1.13 bits per heavy atom. The number of para-hydroxylation sites is 2. The zero-order valence-corrected chi connectivity index (χ0v) is 19.4. The maximum absolute atomic E-state index is 13.5. The first kappa shape index (κ1) is 23.0. The van der Waals surface area contributed by atoms with Crippen molar-refractivity contribution >= 4 is 16.9 Å². The number of hydrogen-bond acceptors (Lipinski definition) is 3. The van der Waals surface area contributed by atoms with E-state index in [9.17, 15) is 4.79 Å². The smallest absolute Gasteiger partial charge is 0.254 e. The maximum Gasteiger partial charge on any atom is 0.254 e. The van der Waals surface area contributed by atoms with E-state index in [0.29, 0.717) is 12.5 Å². The van der Waals surface area contributed by atoms with E-state index in [-0.39, 0.29) is 5.91 Å². The van der Waals surface area contributed by atoms with Crippen molar-refractivity contribution in [2.24, 2.45) is 5.92 Å². The van der Waals surface area contributed by atoms with Gasteiger partial charge in [-0.1, -0.05) is 52.0 Å². The number of nitrogens with one attached hydrogen (secondary N) is 1. The fraction of sp³-hybridized carbons (Fsp3) is 0.462. The average molecular weight is 421 g/mol. The highest BCUT2D eigenvalue weighted by Crippen LogP contribution is 2.20. The highest BCUT2D eigenvalue weighted by molar-refractivity contribution is 5.94. The van der Waals surface area contributed by atoms with E-state index in [1.165, 1.54) is 0 Å². The summed E-state index contributed by atoms with van der Waals surface area (Å²) in [6.07, 6.45) is 2.00. The van der Waals surface area contributed by atoms with Crippen molar-refractivity contribution in [2.45, 2.75) is 60.2 Å². The van der Waals surface area contributed by atoms with Crippen molar-refractivity contribution in [2.75, 3.05) is 13.1 Å². The third kappa shape index (κ3) is 5.95. The third-order valence-corrected chi connectivity index (χ3v) is 5.53. The molecule has 1 amide bonds. The molecular weight excluding hydrogens is 384 g/mol. The standard InChI is InChI=1S/C26H36N4O/c1-5-15-30-24-13-8-7-12-23(24)28-25(30)19-29(16-14-20(3)4)26(31)22-11-9-10-21(17-22)18-27-6-2/h7-13,17,20,27H,5-6,14-16,18-19H2,1-4H3. The van der Waals surface area contributed by atoms with Gasteiger partial charge in [-0.05, 0) is 55.1 Å². The minimum absolute atomic E-state index is 0.0779. The van der Waals surface area contributed by atoms with Crippen LogP contribution in [0.2, 0.25) is 0 Å². The van der Waals surface area contributed by atoms with Gasteiger partial charge < -0.3 is 14.8 Å². The van der Waals surface area contributed by atoms with Gasteiger partial charge in [0.05, 0.1) is 17.6 Å². The SMILES string of the molecule is CCCn1c(CN(CCC(C)C)C(=O)c2cccc(CNCC)c2)nc2ccccc21. The number of carbonyl (C=O) groups is 1. The number of carbonyl (C=O) groups excluding carboxylic acids is 1. The Balaban J connectivity index is 1.90.